The van der Waals surface area contributed by atoms with Gasteiger partial charge in [0.25, 0.3) is 0 Å². The minimum Gasteiger partial charge on any atom is -0.379 e. The minimum atomic E-state index is -0.0759. The van der Waals surface area contributed by atoms with Crippen molar-refractivity contribution in [3.8, 4) is 0 Å². The average molecular weight is 342 g/mol. The Balaban J connectivity index is 1.36. The fourth-order valence-electron chi connectivity index (χ4n) is 3.41. The summed E-state index contributed by atoms with van der Waals surface area (Å²) in [7, 11) is 0. The van der Waals surface area contributed by atoms with Crippen molar-refractivity contribution in [2.45, 2.75) is 38.5 Å². The van der Waals surface area contributed by atoms with Crippen molar-refractivity contribution in [1.29, 1.82) is 0 Å². The number of benzene rings is 1. The second-order valence-corrected chi connectivity index (χ2v) is 6.61. The van der Waals surface area contributed by atoms with Gasteiger partial charge in [-0.25, -0.2) is 4.68 Å². The highest BCUT2D eigenvalue weighted by atomic mass is 16.5. The van der Waals surface area contributed by atoms with Crippen molar-refractivity contribution in [3.05, 3.63) is 41.2 Å². The number of aromatic nitrogens is 4. The minimum absolute atomic E-state index is 0.0759. The van der Waals surface area contributed by atoms with E-state index in [0.29, 0.717) is 19.8 Å². The zero-order valence-electron chi connectivity index (χ0n) is 14.1. The molecule has 2 aliphatic heterocycles. The Morgan fingerprint density at radius 2 is 2.20 bits per heavy atom. The molecule has 1 fully saturated rings. The topological polar surface area (TPSA) is 85.2 Å². The lowest BCUT2D eigenvalue weighted by atomic mass is 10.00. The molecular weight excluding hydrogens is 320 g/mol. The molecule has 1 unspecified atom stereocenters. The zero-order valence-corrected chi connectivity index (χ0v) is 14.1. The maximum atomic E-state index is 12.2. The van der Waals surface area contributed by atoms with Crippen molar-refractivity contribution in [3.63, 3.8) is 0 Å². The van der Waals surface area contributed by atoms with Crippen molar-refractivity contribution in [2.75, 3.05) is 19.8 Å². The maximum Gasteiger partial charge on any atom is 0.242 e. The van der Waals surface area contributed by atoms with Gasteiger partial charge in [0.15, 0.2) is 5.82 Å². The van der Waals surface area contributed by atoms with Crippen LogP contribution in [0.5, 0.6) is 0 Å². The third-order valence-electron chi connectivity index (χ3n) is 4.77. The Labute approximate surface area is 146 Å². The van der Waals surface area contributed by atoms with E-state index in [9.17, 15) is 4.79 Å². The molecule has 0 radical (unpaired) electrons. The molecule has 3 heterocycles. The SMILES string of the molecule is O=C(Cn1nnnc1CN1CCc2ccccc2C1)NC1CCOC1. The first-order valence-corrected chi connectivity index (χ1v) is 8.69. The summed E-state index contributed by atoms with van der Waals surface area (Å²) in [6.07, 6.45) is 1.89. The van der Waals surface area contributed by atoms with Crippen LogP contribution in [0.1, 0.15) is 23.4 Å². The van der Waals surface area contributed by atoms with Gasteiger partial charge in [-0.1, -0.05) is 24.3 Å². The molecule has 1 amide bonds. The quantitative estimate of drug-likeness (QED) is 0.832. The Morgan fingerprint density at radius 3 is 3.04 bits per heavy atom. The molecule has 132 valence electrons. The first-order chi connectivity index (χ1) is 12.3. The summed E-state index contributed by atoms with van der Waals surface area (Å²) in [4.78, 5) is 14.5. The molecular formula is C17H22N6O2. The summed E-state index contributed by atoms with van der Waals surface area (Å²) in [6.45, 7) is 3.92. The lowest BCUT2D eigenvalue weighted by Gasteiger charge is -2.28. The van der Waals surface area contributed by atoms with Crippen LogP contribution in [0.4, 0.5) is 0 Å². The number of fused-ring (bicyclic) bond motifs is 1. The first-order valence-electron chi connectivity index (χ1n) is 8.69. The van der Waals surface area contributed by atoms with Gasteiger partial charge < -0.3 is 10.1 Å². The number of carbonyl (C=O) groups excluding carboxylic acids is 1. The van der Waals surface area contributed by atoms with Crippen molar-refractivity contribution >= 4 is 5.91 Å². The molecule has 1 N–H and O–H groups in total. The molecule has 0 spiro atoms. The molecule has 2 aliphatic rings. The second-order valence-electron chi connectivity index (χ2n) is 6.61. The van der Waals surface area contributed by atoms with Crippen LogP contribution < -0.4 is 5.32 Å². The molecule has 8 heteroatoms. The molecule has 1 aromatic heterocycles. The fourth-order valence-corrected chi connectivity index (χ4v) is 3.41. The van der Waals surface area contributed by atoms with E-state index in [-0.39, 0.29) is 18.5 Å². The van der Waals surface area contributed by atoms with Crippen LogP contribution in [0.3, 0.4) is 0 Å². The molecule has 1 saturated heterocycles. The molecule has 0 bridgehead atoms. The Bertz CT molecular complexity index is 740. The van der Waals surface area contributed by atoms with E-state index in [4.69, 9.17) is 4.74 Å². The van der Waals surface area contributed by atoms with E-state index in [0.717, 1.165) is 31.8 Å². The fraction of sp³-hybridized carbons (Fsp3) is 0.529. The highest BCUT2D eigenvalue weighted by Gasteiger charge is 2.21. The molecule has 0 aliphatic carbocycles. The van der Waals surface area contributed by atoms with Crippen molar-refractivity contribution in [2.24, 2.45) is 0 Å². The monoisotopic (exact) mass is 342 g/mol. The summed E-state index contributed by atoms with van der Waals surface area (Å²) in [6, 6.07) is 8.62. The van der Waals surface area contributed by atoms with Crippen LogP contribution in [0.25, 0.3) is 0 Å². The number of rotatable bonds is 5. The molecule has 25 heavy (non-hydrogen) atoms. The molecule has 1 atom stereocenters. The lowest BCUT2D eigenvalue weighted by Crippen LogP contribution is -2.38. The van der Waals surface area contributed by atoms with Gasteiger partial charge in [-0.3, -0.25) is 9.69 Å². The van der Waals surface area contributed by atoms with E-state index in [1.807, 2.05) is 0 Å². The van der Waals surface area contributed by atoms with Gasteiger partial charge >= 0.3 is 0 Å². The van der Waals surface area contributed by atoms with Crippen LogP contribution in [0, 0.1) is 0 Å². The third-order valence-corrected chi connectivity index (χ3v) is 4.77. The molecule has 2 aromatic rings. The van der Waals surface area contributed by atoms with Gasteiger partial charge in [-0.05, 0) is 34.4 Å². The first kappa shape index (κ1) is 16.2. The number of tetrazole rings is 1. The molecule has 8 nitrogen and oxygen atoms in total. The number of hydrogen-bond donors (Lipinski definition) is 1. The van der Waals surface area contributed by atoms with E-state index < -0.39 is 0 Å². The van der Waals surface area contributed by atoms with Gasteiger partial charge in [0.2, 0.25) is 5.91 Å². The van der Waals surface area contributed by atoms with E-state index in [1.54, 1.807) is 4.68 Å². The van der Waals surface area contributed by atoms with E-state index >= 15 is 0 Å². The van der Waals surface area contributed by atoms with Crippen LogP contribution in [0.2, 0.25) is 0 Å². The lowest BCUT2D eigenvalue weighted by molar-refractivity contribution is -0.122. The van der Waals surface area contributed by atoms with Gasteiger partial charge in [0.1, 0.15) is 6.54 Å². The van der Waals surface area contributed by atoms with Gasteiger partial charge in [-0.2, -0.15) is 0 Å². The van der Waals surface area contributed by atoms with Gasteiger partial charge in [0.05, 0.1) is 19.2 Å². The summed E-state index contributed by atoms with van der Waals surface area (Å²) in [5.74, 6) is 0.644. The highest BCUT2D eigenvalue weighted by Crippen LogP contribution is 2.19. The summed E-state index contributed by atoms with van der Waals surface area (Å²) >= 11 is 0. The molecule has 4 rings (SSSR count). The smallest absolute Gasteiger partial charge is 0.242 e. The third kappa shape index (κ3) is 3.85. The molecule has 1 aromatic carbocycles. The van der Waals surface area contributed by atoms with Crippen LogP contribution >= 0.6 is 0 Å². The standard InChI is InChI=1S/C17H22N6O2/c24-17(18-15-6-8-25-12-15)11-23-16(19-20-21-23)10-22-7-5-13-3-1-2-4-14(13)9-22/h1-4,15H,5-12H2,(H,18,24). The second kappa shape index (κ2) is 7.28. The Morgan fingerprint density at radius 1 is 1.32 bits per heavy atom. The van der Waals surface area contributed by atoms with Gasteiger partial charge in [-0.15, -0.1) is 5.10 Å². The number of amides is 1. The zero-order chi connectivity index (χ0) is 17.1. The van der Waals surface area contributed by atoms with Crippen molar-refractivity contribution in [1.82, 2.24) is 30.4 Å². The van der Waals surface area contributed by atoms with Crippen molar-refractivity contribution < 1.29 is 9.53 Å². The summed E-state index contributed by atoms with van der Waals surface area (Å²) in [5.41, 5.74) is 2.77. The molecule has 0 saturated carbocycles. The number of carbonyl (C=O) groups is 1. The van der Waals surface area contributed by atoms with Crippen LogP contribution in [-0.4, -0.2) is 56.8 Å². The summed E-state index contributed by atoms with van der Waals surface area (Å²) in [5, 5.41) is 14.8. The average Bonchev–Trinajstić information content (AvgIpc) is 3.27. The maximum absolute atomic E-state index is 12.2. The number of ether oxygens (including phenoxy) is 1. The number of hydrogen-bond acceptors (Lipinski definition) is 6. The van der Waals surface area contributed by atoms with Crippen LogP contribution in [0.15, 0.2) is 24.3 Å². The summed E-state index contributed by atoms with van der Waals surface area (Å²) < 4.78 is 6.87. The van der Waals surface area contributed by atoms with Gasteiger partial charge in [0, 0.05) is 19.7 Å². The van der Waals surface area contributed by atoms with E-state index in [2.05, 4.69) is 50.0 Å². The Kier molecular flexibility index (Phi) is 4.71. The number of nitrogens with one attached hydrogen (secondary N) is 1. The Hall–Kier alpha value is -2.32. The highest BCUT2D eigenvalue weighted by molar-refractivity contribution is 5.76. The number of nitrogens with zero attached hydrogens (tertiary/aromatic N) is 5. The van der Waals surface area contributed by atoms with Crippen LogP contribution in [-0.2, 0) is 35.6 Å². The van der Waals surface area contributed by atoms with E-state index in [1.165, 1.54) is 11.1 Å². The predicted molar refractivity (Wildman–Crippen MR) is 89.4 cm³/mol. The predicted octanol–water partition coefficient (Wildman–Crippen LogP) is 0.136. The normalized spacial score (nSPS) is 20.4. The largest absolute Gasteiger partial charge is 0.379 e.